The summed E-state index contributed by atoms with van der Waals surface area (Å²) < 4.78 is 5.03. The van der Waals surface area contributed by atoms with E-state index in [1.54, 1.807) is 7.11 Å². The van der Waals surface area contributed by atoms with Gasteiger partial charge in [0.2, 0.25) is 0 Å². The summed E-state index contributed by atoms with van der Waals surface area (Å²) in [4.78, 5) is 0. The Hall–Kier alpha value is -0.0800. The van der Waals surface area contributed by atoms with Gasteiger partial charge in [0.25, 0.3) is 0 Å². The number of methoxy groups -OCH3 is 1. The third-order valence-electron chi connectivity index (χ3n) is 3.14. The molecule has 78 valence electrons. The lowest BCUT2D eigenvalue weighted by molar-refractivity contribution is 0.0419. The third kappa shape index (κ3) is 3.65. The molecule has 0 radical (unpaired) electrons. The maximum absolute atomic E-state index is 9.83. The summed E-state index contributed by atoms with van der Waals surface area (Å²) in [6, 6.07) is 0. The second kappa shape index (κ2) is 5.61. The van der Waals surface area contributed by atoms with E-state index in [1.807, 2.05) is 0 Å². The lowest BCUT2D eigenvalue weighted by atomic mass is 9.93. The quantitative estimate of drug-likeness (QED) is 0.713. The summed E-state index contributed by atoms with van der Waals surface area (Å²) in [6.07, 6.45) is 6.16. The van der Waals surface area contributed by atoms with Crippen molar-refractivity contribution in [1.29, 1.82) is 0 Å². The van der Waals surface area contributed by atoms with E-state index in [2.05, 4.69) is 6.92 Å². The van der Waals surface area contributed by atoms with E-state index in [0.717, 1.165) is 12.3 Å². The normalized spacial score (nSPS) is 23.3. The molecule has 0 aromatic carbocycles. The first-order chi connectivity index (χ1) is 6.24. The van der Waals surface area contributed by atoms with Crippen molar-refractivity contribution in [1.82, 2.24) is 0 Å². The maximum atomic E-state index is 9.83. The van der Waals surface area contributed by atoms with Crippen molar-refractivity contribution < 1.29 is 9.84 Å². The van der Waals surface area contributed by atoms with Crippen LogP contribution in [0.4, 0.5) is 0 Å². The lowest BCUT2D eigenvalue weighted by Gasteiger charge is -2.20. The molecule has 0 spiro atoms. The minimum Gasteiger partial charge on any atom is -0.393 e. The summed E-state index contributed by atoms with van der Waals surface area (Å²) in [5.41, 5.74) is 0. The van der Waals surface area contributed by atoms with Crippen molar-refractivity contribution in [3.05, 3.63) is 0 Å². The summed E-state index contributed by atoms with van der Waals surface area (Å²) in [5.74, 6) is 1.06. The van der Waals surface area contributed by atoms with Crippen LogP contribution in [0.5, 0.6) is 0 Å². The predicted molar refractivity (Wildman–Crippen MR) is 53.6 cm³/mol. The van der Waals surface area contributed by atoms with Gasteiger partial charge in [-0.2, -0.15) is 0 Å². The van der Waals surface area contributed by atoms with E-state index in [4.69, 9.17) is 4.74 Å². The first-order valence-corrected chi connectivity index (χ1v) is 5.41. The van der Waals surface area contributed by atoms with Gasteiger partial charge in [-0.05, 0) is 12.3 Å². The van der Waals surface area contributed by atoms with Crippen LogP contribution in [0.2, 0.25) is 0 Å². The zero-order valence-electron chi connectivity index (χ0n) is 8.83. The fourth-order valence-electron chi connectivity index (χ4n) is 2.19. The van der Waals surface area contributed by atoms with Crippen molar-refractivity contribution in [2.24, 2.45) is 11.8 Å². The summed E-state index contributed by atoms with van der Waals surface area (Å²) >= 11 is 0. The van der Waals surface area contributed by atoms with E-state index < -0.39 is 0 Å². The zero-order valence-corrected chi connectivity index (χ0v) is 8.83. The molecule has 0 saturated heterocycles. The number of aliphatic hydroxyl groups is 1. The largest absolute Gasteiger partial charge is 0.393 e. The monoisotopic (exact) mass is 186 g/mol. The van der Waals surface area contributed by atoms with Crippen LogP contribution in [0.15, 0.2) is 0 Å². The van der Waals surface area contributed by atoms with E-state index in [1.165, 1.54) is 25.7 Å². The summed E-state index contributed by atoms with van der Waals surface area (Å²) in [7, 11) is 1.69. The molecule has 1 aliphatic carbocycles. The van der Waals surface area contributed by atoms with Crippen LogP contribution in [-0.4, -0.2) is 24.9 Å². The molecule has 0 aliphatic heterocycles. The minimum atomic E-state index is -0.164. The first kappa shape index (κ1) is 11.0. The van der Waals surface area contributed by atoms with Gasteiger partial charge in [0.15, 0.2) is 0 Å². The number of ether oxygens (including phenoxy) is 1. The number of hydrogen-bond donors (Lipinski definition) is 1. The third-order valence-corrected chi connectivity index (χ3v) is 3.14. The summed E-state index contributed by atoms with van der Waals surface area (Å²) in [5, 5.41) is 9.83. The molecule has 2 unspecified atom stereocenters. The van der Waals surface area contributed by atoms with E-state index >= 15 is 0 Å². The number of aliphatic hydroxyl groups excluding tert-OH is 1. The van der Waals surface area contributed by atoms with Gasteiger partial charge in [0.05, 0.1) is 12.7 Å². The van der Waals surface area contributed by atoms with Crippen molar-refractivity contribution in [2.75, 3.05) is 13.7 Å². The van der Waals surface area contributed by atoms with Crippen molar-refractivity contribution in [2.45, 2.75) is 45.1 Å². The molecule has 0 amide bonds. The molecule has 2 nitrogen and oxygen atoms in total. The highest BCUT2D eigenvalue weighted by atomic mass is 16.5. The molecule has 13 heavy (non-hydrogen) atoms. The number of rotatable bonds is 5. The first-order valence-electron chi connectivity index (χ1n) is 5.41. The average molecular weight is 186 g/mol. The topological polar surface area (TPSA) is 29.5 Å². The van der Waals surface area contributed by atoms with Crippen molar-refractivity contribution >= 4 is 0 Å². The smallest absolute Gasteiger partial charge is 0.0590 e. The molecule has 1 fully saturated rings. The summed E-state index contributed by atoms with van der Waals surface area (Å²) in [6.45, 7) is 2.73. The SMILES string of the molecule is COCC(C)C(O)CC1CCCC1. The van der Waals surface area contributed by atoms with Crippen LogP contribution in [0.25, 0.3) is 0 Å². The van der Waals surface area contributed by atoms with Crippen LogP contribution in [0.1, 0.15) is 39.0 Å². The van der Waals surface area contributed by atoms with Crippen molar-refractivity contribution in [3.8, 4) is 0 Å². The Morgan fingerprint density at radius 2 is 2.00 bits per heavy atom. The Morgan fingerprint density at radius 3 is 2.54 bits per heavy atom. The van der Waals surface area contributed by atoms with E-state index in [-0.39, 0.29) is 12.0 Å². The second-order valence-corrected chi connectivity index (χ2v) is 4.39. The molecule has 2 heteroatoms. The minimum absolute atomic E-state index is 0.164. The Kier molecular flexibility index (Phi) is 4.74. The highest BCUT2D eigenvalue weighted by molar-refractivity contribution is 4.73. The van der Waals surface area contributed by atoms with Gasteiger partial charge in [-0.1, -0.05) is 32.6 Å². The Balaban J connectivity index is 2.18. The zero-order chi connectivity index (χ0) is 9.68. The highest BCUT2D eigenvalue weighted by Crippen LogP contribution is 2.29. The highest BCUT2D eigenvalue weighted by Gasteiger charge is 2.22. The molecule has 1 N–H and O–H groups in total. The predicted octanol–water partition coefficient (Wildman–Crippen LogP) is 2.21. The molecule has 0 heterocycles. The van der Waals surface area contributed by atoms with Gasteiger partial charge in [0, 0.05) is 13.0 Å². The van der Waals surface area contributed by atoms with Gasteiger partial charge in [-0.3, -0.25) is 0 Å². The van der Waals surface area contributed by atoms with Crippen LogP contribution < -0.4 is 0 Å². The van der Waals surface area contributed by atoms with Crippen molar-refractivity contribution in [3.63, 3.8) is 0 Å². The average Bonchev–Trinajstić information content (AvgIpc) is 2.57. The maximum Gasteiger partial charge on any atom is 0.0590 e. The Morgan fingerprint density at radius 1 is 1.38 bits per heavy atom. The lowest BCUT2D eigenvalue weighted by Crippen LogP contribution is -2.24. The van der Waals surface area contributed by atoms with Gasteiger partial charge in [0.1, 0.15) is 0 Å². The van der Waals surface area contributed by atoms with Gasteiger partial charge in [-0.15, -0.1) is 0 Å². The Bertz CT molecular complexity index is 130. The van der Waals surface area contributed by atoms with Crippen LogP contribution in [0, 0.1) is 11.8 Å². The standard InChI is InChI=1S/C11H22O2/c1-9(8-13-2)11(12)7-10-5-3-4-6-10/h9-12H,3-8H2,1-2H3. The molecular weight excluding hydrogens is 164 g/mol. The van der Waals surface area contributed by atoms with E-state index in [9.17, 15) is 5.11 Å². The number of hydrogen-bond acceptors (Lipinski definition) is 2. The van der Waals surface area contributed by atoms with Crippen LogP contribution >= 0.6 is 0 Å². The molecule has 1 rings (SSSR count). The van der Waals surface area contributed by atoms with E-state index in [0.29, 0.717) is 6.61 Å². The van der Waals surface area contributed by atoms with Gasteiger partial charge in [-0.25, -0.2) is 0 Å². The van der Waals surface area contributed by atoms with Crippen LogP contribution in [-0.2, 0) is 4.74 Å². The molecule has 0 aromatic heterocycles. The van der Waals surface area contributed by atoms with Gasteiger partial charge >= 0.3 is 0 Å². The molecule has 0 bridgehead atoms. The van der Waals surface area contributed by atoms with Crippen LogP contribution in [0.3, 0.4) is 0 Å². The molecular formula is C11H22O2. The molecule has 2 atom stereocenters. The molecule has 1 saturated carbocycles. The Labute approximate surface area is 81.3 Å². The van der Waals surface area contributed by atoms with Gasteiger partial charge < -0.3 is 9.84 Å². The fourth-order valence-corrected chi connectivity index (χ4v) is 2.19. The fraction of sp³-hybridized carbons (Fsp3) is 1.00. The second-order valence-electron chi connectivity index (χ2n) is 4.39. The molecule has 0 aromatic rings. The molecule has 1 aliphatic rings.